The van der Waals surface area contributed by atoms with Crippen LogP contribution in [-0.4, -0.2) is 74.7 Å². The van der Waals surface area contributed by atoms with Gasteiger partial charge in [0.25, 0.3) is 0 Å². The van der Waals surface area contributed by atoms with E-state index >= 15 is 0 Å². The lowest BCUT2D eigenvalue weighted by molar-refractivity contribution is -0.134. The van der Waals surface area contributed by atoms with Crippen molar-refractivity contribution in [3.8, 4) is 0 Å². The Morgan fingerprint density at radius 3 is 2.53 bits per heavy atom. The second-order valence-electron chi connectivity index (χ2n) is 5.50. The summed E-state index contributed by atoms with van der Waals surface area (Å²) in [6.07, 6.45) is 2.51. The third-order valence-corrected chi connectivity index (χ3v) is 4.23. The van der Waals surface area contributed by atoms with Gasteiger partial charge in [0.05, 0.1) is 19.8 Å². The molecule has 2 saturated heterocycles. The van der Waals surface area contributed by atoms with Gasteiger partial charge in [-0.3, -0.25) is 4.79 Å². The normalized spacial score (nSPS) is 22.7. The molecule has 0 aliphatic carbocycles. The van der Waals surface area contributed by atoms with Gasteiger partial charge in [0.1, 0.15) is 0 Å². The summed E-state index contributed by atoms with van der Waals surface area (Å²) in [5.41, 5.74) is 0. The first-order chi connectivity index (χ1) is 9.29. The summed E-state index contributed by atoms with van der Waals surface area (Å²) in [6, 6.07) is 0. The number of amides is 1. The molecule has 1 amide bonds. The average Bonchev–Trinajstić information content (AvgIpc) is 2.49. The van der Waals surface area contributed by atoms with E-state index in [4.69, 9.17) is 4.74 Å². The molecule has 2 fully saturated rings. The van der Waals surface area contributed by atoms with E-state index in [0.29, 0.717) is 19.8 Å². The van der Waals surface area contributed by atoms with Gasteiger partial charge in [-0.1, -0.05) is 6.92 Å². The Balaban J connectivity index is 1.57. The van der Waals surface area contributed by atoms with Gasteiger partial charge in [0.2, 0.25) is 5.91 Å². The molecule has 0 atom stereocenters. The predicted octanol–water partition coefficient (Wildman–Crippen LogP) is 0.167. The number of nitrogens with zero attached hydrogens (tertiary/aromatic N) is 2. The summed E-state index contributed by atoms with van der Waals surface area (Å²) >= 11 is 0. The fourth-order valence-corrected chi connectivity index (χ4v) is 2.81. The molecule has 0 aromatic rings. The fraction of sp³-hybridized carbons (Fsp3) is 0.929. The van der Waals surface area contributed by atoms with Gasteiger partial charge >= 0.3 is 0 Å². The van der Waals surface area contributed by atoms with Crippen LogP contribution in [0.5, 0.6) is 0 Å². The number of piperidine rings is 1. The highest BCUT2D eigenvalue weighted by Gasteiger charge is 2.19. The first kappa shape index (κ1) is 14.8. The van der Waals surface area contributed by atoms with Crippen LogP contribution in [0.1, 0.15) is 19.8 Å². The third-order valence-electron chi connectivity index (χ3n) is 4.23. The van der Waals surface area contributed by atoms with Gasteiger partial charge in [-0.2, -0.15) is 0 Å². The van der Waals surface area contributed by atoms with Gasteiger partial charge in [0, 0.05) is 13.1 Å². The molecular formula is C14H27N3O2. The van der Waals surface area contributed by atoms with Crippen molar-refractivity contribution in [1.29, 1.82) is 0 Å². The van der Waals surface area contributed by atoms with Crippen molar-refractivity contribution in [2.75, 3.05) is 59.0 Å². The van der Waals surface area contributed by atoms with Gasteiger partial charge in [-0.05, 0) is 44.9 Å². The second-order valence-corrected chi connectivity index (χ2v) is 5.50. The monoisotopic (exact) mass is 269 g/mol. The standard InChI is InChI=1S/C14H27N3O2/c1-2-16-5-3-13(4-6-16)11-15-12-14(18)17-7-9-19-10-8-17/h13,15H,2-12H2,1H3. The Morgan fingerprint density at radius 2 is 1.89 bits per heavy atom. The van der Waals surface area contributed by atoms with E-state index in [-0.39, 0.29) is 5.91 Å². The maximum Gasteiger partial charge on any atom is 0.236 e. The highest BCUT2D eigenvalue weighted by molar-refractivity contribution is 5.78. The van der Waals surface area contributed by atoms with Gasteiger partial charge in [0.15, 0.2) is 0 Å². The Morgan fingerprint density at radius 1 is 1.21 bits per heavy atom. The molecule has 2 aliphatic heterocycles. The molecule has 2 rings (SSSR count). The van der Waals surface area contributed by atoms with E-state index in [2.05, 4.69) is 17.1 Å². The molecular weight excluding hydrogens is 242 g/mol. The van der Waals surface area contributed by atoms with Crippen molar-refractivity contribution in [2.45, 2.75) is 19.8 Å². The molecule has 1 N–H and O–H groups in total. The summed E-state index contributed by atoms with van der Waals surface area (Å²) in [7, 11) is 0. The molecule has 0 saturated carbocycles. The third kappa shape index (κ3) is 4.75. The Hall–Kier alpha value is -0.650. The van der Waals surface area contributed by atoms with E-state index in [0.717, 1.165) is 32.1 Å². The van der Waals surface area contributed by atoms with Crippen LogP contribution < -0.4 is 5.32 Å². The Bertz CT molecular complexity index is 272. The zero-order valence-electron chi connectivity index (χ0n) is 12.1. The number of carbonyl (C=O) groups excluding carboxylic acids is 1. The van der Waals surface area contributed by atoms with Crippen molar-refractivity contribution < 1.29 is 9.53 Å². The number of morpholine rings is 1. The maximum absolute atomic E-state index is 11.9. The second kappa shape index (κ2) is 7.82. The lowest BCUT2D eigenvalue weighted by atomic mass is 9.97. The molecule has 0 radical (unpaired) electrons. The molecule has 0 unspecified atom stereocenters. The lowest BCUT2D eigenvalue weighted by Crippen LogP contribution is -2.45. The van der Waals surface area contributed by atoms with Crippen LogP contribution in [0.25, 0.3) is 0 Å². The fourth-order valence-electron chi connectivity index (χ4n) is 2.81. The predicted molar refractivity (Wildman–Crippen MR) is 75.1 cm³/mol. The van der Waals surface area contributed by atoms with Crippen molar-refractivity contribution in [3.63, 3.8) is 0 Å². The number of hydrogen-bond donors (Lipinski definition) is 1. The van der Waals surface area contributed by atoms with Crippen LogP contribution in [0.4, 0.5) is 0 Å². The maximum atomic E-state index is 11.9. The number of nitrogens with one attached hydrogen (secondary N) is 1. The van der Waals surface area contributed by atoms with Crippen molar-refractivity contribution in [2.24, 2.45) is 5.92 Å². The lowest BCUT2D eigenvalue weighted by Gasteiger charge is -2.31. The minimum absolute atomic E-state index is 0.217. The largest absolute Gasteiger partial charge is 0.378 e. The molecule has 2 aliphatic rings. The number of hydrogen-bond acceptors (Lipinski definition) is 4. The van der Waals surface area contributed by atoms with Crippen LogP contribution in [0.2, 0.25) is 0 Å². The smallest absolute Gasteiger partial charge is 0.236 e. The molecule has 0 spiro atoms. The van der Waals surface area contributed by atoms with Crippen molar-refractivity contribution in [1.82, 2.24) is 15.1 Å². The highest BCUT2D eigenvalue weighted by atomic mass is 16.5. The molecule has 0 bridgehead atoms. The van der Waals surface area contributed by atoms with Crippen LogP contribution in [-0.2, 0) is 9.53 Å². The molecule has 110 valence electrons. The number of ether oxygens (including phenoxy) is 1. The summed E-state index contributed by atoms with van der Waals surface area (Å²) in [6.45, 7) is 10.1. The minimum atomic E-state index is 0.217. The highest BCUT2D eigenvalue weighted by Crippen LogP contribution is 2.15. The number of likely N-dealkylation sites (tertiary alicyclic amines) is 1. The molecule has 0 aromatic heterocycles. The van der Waals surface area contributed by atoms with E-state index in [1.807, 2.05) is 4.90 Å². The Labute approximate surface area is 116 Å². The van der Waals surface area contributed by atoms with E-state index in [9.17, 15) is 4.79 Å². The van der Waals surface area contributed by atoms with Gasteiger partial charge in [-0.15, -0.1) is 0 Å². The van der Waals surface area contributed by atoms with Gasteiger partial charge in [-0.25, -0.2) is 0 Å². The summed E-state index contributed by atoms with van der Waals surface area (Å²) < 4.78 is 5.25. The number of carbonyl (C=O) groups is 1. The van der Waals surface area contributed by atoms with Crippen LogP contribution in [0.3, 0.4) is 0 Å². The number of rotatable bonds is 5. The van der Waals surface area contributed by atoms with E-state index in [1.165, 1.54) is 25.9 Å². The SMILES string of the molecule is CCN1CCC(CNCC(=O)N2CCOCC2)CC1. The topological polar surface area (TPSA) is 44.8 Å². The van der Waals surface area contributed by atoms with E-state index in [1.54, 1.807) is 0 Å². The van der Waals surface area contributed by atoms with Crippen LogP contribution in [0, 0.1) is 5.92 Å². The summed E-state index contributed by atoms with van der Waals surface area (Å²) in [5, 5.41) is 3.33. The molecule has 0 aromatic carbocycles. The summed E-state index contributed by atoms with van der Waals surface area (Å²) in [4.78, 5) is 16.3. The van der Waals surface area contributed by atoms with Crippen LogP contribution in [0.15, 0.2) is 0 Å². The molecule has 19 heavy (non-hydrogen) atoms. The molecule has 5 nitrogen and oxygen atoms in total. The Kier molecular flexibility index (Phi) is 6.07. The molecule has 5 heteroatoms. The zero-order valence-corrected chi connectivity index (χ0v) is 12.1. The average molecular weight is 269 g/mol. The zero-order chi connectivity index (χ0) is 13.5. The minimum Gasteiger partial charge on any atom is -0.378 e. The molecule has 2 heterocycles. The van der Waals surface area contributed by atoms with Crippen molar-refractivity contribution >= 4 is 5.91 Å². The van der Waals surface area contributed by atoms with Crippen molar-refractivity contribution in [3.05, 3.63) is 0 Å². The van der Waals surface area contributed by atoms with Gasteiger partial charge < -0.3 is 19.9 Å². The van der Waals surface area contributed by atoms with Crippen LogP contribution >= 0.6 is 0 Å². The van der Waals surface area contributed by atoms with E-state index < -0.39 is 0 Å². The first-order valence-corrected chi connectivity index (χ1v) is 7.58. The first-order valence-electron chi connectivity index (χ1n) is 7.58. The quantitative estimate of drug-likeness (QED) is 0.772. The summed E-state index contributed by atoms with van der Waals surface area (Å²) in [5.74, 6) is 0.953.